The van der Waals surface area contributed by atoms with Crippen LogP contribution in [0.4, 0.5) is 0 Å². The molecular weight excluding hydrogens is 402 g/mol. The molecule has 5 nitrogen and oxygen atoms in total. The molecule has 1 aromatic carbocycles. The topological polar surface area (TPSA) is 64.0 Å². The molecule has 0 saturated heterocycles. The standard InChI is InChI=1S/C15H19BrClN3O2S/c1-10-8-15(11(2)7-14(10)17)23(21,22)18-5-4-6-20-9-13(16)12(3)19-20/h7-9,18H,4-6H2,1-3H3. The lowest BCUT2D eigenvalue weighted by atomic mass is 10.2. The minimum absolute atomic E-state index is 0.275. The van der Waals surface area contributed by atoms with Crippen molar-refractivity contribution in [2.24, 2.45) is 0 Å². The Bertz CT molecular complexity index is 799. The van der Waals surface area contributed by atoms with Gasteiger partial charge >= 0.3 is 0 Å². The van der Waals surface area contributed by atoms with Gasteiger partial charge in [0.25, 0.3) is 0 Å². The second-order valence-electron chi connectivity index (χ2n) is 5.44. The van der Waals surface area contributed by atoms with Gasteiger partial charge in [-0.15, -0.1) is 0 Å². The Balaban J connectivity index is 1.98. The predicted octanol–water partition coefficient (Wildman–Crippen LogP) is 3.59. The van der Waals surface area contributed by atoms with Crippen LogP contribution in [0.5, 0.6) is 0 Å². The van der Waals surface area contributed by atoms with Crippen LogP contribution in [0.3, 0.4) is 0 Å². The molecule has 0 unspecified atom stereocenters. The number of halogens is 2. The average Bonchev–Trinajstić information content (AvgIpc) is 2.78. The zero-order chi connectivity index (χ0) is 17.2. The molecule has 23 heavy (non-hydrogen) atoms. The van der Waals surface area contributed by atoms with Gasteiger partial charge in [0.15, 0.2) is 0 Å². The van der Waals surface area contributed by atoms with E-state index in [1.54, 1.807) is 30.7 Å². The number of hydrogen-bond acceptors (Lipinski definition) is 3. The molecule has 0 bridgehead atoms. The zero-order valence-electron chi connectivity index (χ0n) is 13.2. The van der Waals surface area contributed by atoms with Gasteiger partial charge in [0.2, 0.25) is 10.0 Å². The Morgan fingerprint density at radius 1 is 1.26 bits per heavy atom. The second-order valence-corrected chi connectivity index (χ2v) is 8.44. The number of nitrogens with zero attached hydrogens (tertiary/aromatic N) is 2. The highest BCUT2D eigenvalue weighted by atomic mass is 79.9. The summed E-state index contributed by atoms with van der Waals surface area (Å²) in [6, 6.07) is 3.28. The fourth-order valence-electron chi connectivity index (χ4n) is 2.18. The summed E-state index contributed by atoms with van der Waals surface area (Å²) in [7, 11) is -3.54. The molecule has 0 spiro atoms. The molecule has 1 N–H and O–H groups in total. The van der Waals surface area contributed by atoms with E-state index in [-0.39, 0.29) is 4.90 Å². The van der Waals surface area contributed by atoms with Crippen LogP contribution in [0.1, 0.15) is 23.2 Å². The van der Waals surface area contributed by atoms with E-state index >= 15 is 0 Å². The summed E-state index contributed by atoms with van der Waals surface area (Å²) in [5, 5.41) is 4.89. The molecule has 0 amide bonds. The highest BCUT2D eigenvalue weighted by Crippen LogP contribution is 2.23. The van der Waals surface area contributed by atoms with Crippen LogP contribution < -0.4 is 4.72 Å². The van der Waals surface area contributed by atoms with Crippen molar-refractivity contribution >= 4 is 37.6 Å². The van der Waals surface area contributed by atoms with Crippen molar-refractivity contribution in [3.8, 4) is 0 Å². The third-order valence-electron chi connectivity index (χ3n) is 3.49. The van der Waals surface area contributed by atoms with E-state index in [9.17, 15) is 8.42 Å². The van der Waals surface area contributed by atoms with E-state index in [2.05, 4.69) is 25.8 Å². The number of hydrogen-bond donors (Lipinski definition) is 1. The summed E-state index contributed by atoms with van der Waals surface area (Å²) in [5.74, 6) is 0. The van der Waals surface area contributed by atoms with Crippen LogP contribution in [0.2, 0.25) is 5.02 Å². The van der Waals surface area contributed by atoms with Crippen LogP contribution >= 0.6 is 27.5 Å². The summed E-state index contributed by atoms with van der Waals surface area (Å²) in [6.07, 6.45) is 2.54. The minimum atomic E-state index is -3.54. The van der Waals surface area contributed by atoms with Crippen LogP contribution in [0.25, 0.3) is 0 Å². The monoisotopic (exact) mass is 419 g/mol. The molecular formula is C15H19BrClN3O2S. The Kier molecular flexibility index (Phi) is 5.89. The number of rotatable bonds is 6. The summed E-state index contributed by atoms with van der Waals surface area (Å²) < 4.78 is 30.2. The lowest BCUT2D eigenvalue weighted by molar-refractivity contribution is 0.551. The number of sulfonamides is 1. The first kappa shape index (κ1) is 18.4. The van der Waals surface area contributed by atoms with E-state index in [0.717, 1.165) is 15.7 Å². The van der Waals surface area contributed by atoms with Gasteiger partial charge in [0, 0.05) is 24.3 Å². The average molecular weight is 421 g/mol. The van der Waals surface area contributed by atoms with E-state index in [1.165, 1.54) is 0 Å². The molecule has 1 heterocycles. The SMILES string of the molecule is Cc1cc(S(=O)(=O)NCCCn2cc(Br)c(C)n2)c(C)cc1Cl. The van der Waals surface area contributed by atoms with Gasteiger partial charge in [-0.2, -0.15) is 5.10 Å². The van der Waals surface area contributed by atoms with Crippen molar-refractivity contribution in [2.75, 3.05) is 6.54 Å². The minimum Gasteiger partial charge on any atom is -0.271 e. The Morgan fingerprint density at radius 3 is 2.57 bits per heavy atom. The van der Waals surface area contributed by atoms with Crippen LogP contribution in [-0.2, 0) is 16.6 Å². The maximum atomic E-state index is 12.4. The van der Waals surface area contributed by atoms with Gasteiger partial charge in [0.1, 0.15) is 0 Å². The molecule has 0 fully saturated rings. The van der Waals surface area contributed by atoms with Gasteiger partial charge in [0.05, 0.1) is 15.1 Å². The van der Waals surface area contributed by atoms with Crippen LogP contribution in [-0.4, -0.2) is 24.7 Å². The van der Waals surface area contributed by atoms with E-state index < -0.39 is 10.0 Å². The van der Waals surface area contributed by atoms with Crippen molar-refractivity contribution < 1.29 is 8.42 Å². The van der Waals surface area contributed by atoms with Gasteiger partial charge in [-0.05, 0) is 66.4 Å². The Hall–Kier alpha value is -0.890. The number of aromatic nitrogens is 2. The quantitative estimate of drug-likeness (QED) is 0.726. The smallest absolute Gasteiger partial charge is 0.240 e. The summed E-state index contributed by atoms with van der Waals surface area (Å²) in [4.78, 5) is 0.275. The summed E-state index contributed by atoms with van der Waals surface area (Å²) in [5.41, 5.74) is 2.30. The molecule has 8 heteroatoms. The molecule has 0 aliphatic rings. The molecule has 0 atom stereocenters. The third kappa shape index (κ3) is 4.56. The molecule has 2 aromatic rings. The molecule has 2 rings (SSSR count). The zero-order valence-corrected chi connectivity index (χ0v) is 16.4. The molecule has 0 aliphatic heterocycles. The number of aryl methyl sites for hydroxylation is 4. The first-order valence-corrected chi connectivity index (χ1v) is 9.82. The van der Waals surface area contributed by atoms with Crippen LogP contribution in [0.15, 0.2) is 27.7 Å². The maximum absolute atomic E-state index is 12.4. The Labute approximate surface area is 150 Å². The molecule has 0 saturated carbocycles. The second kappa shape index (κ2) is 7.34. The van der Waals surface area contributed by atoms with Crippen LogP contribution in [0, 0.1) is 20.8 Å². The normalized spacial score (nSPS) is 11.9. The maximum Gasteiger partial charge on any atom is 0.240 e. The van der Waals surface area contributed by atoms with Crippen molar-refractivity contribution in [3.63, 3.8) is 0 Å². The van der Waals surface area contributed by atoms with Crippen molar-refractivity contribution in [1.29, 1.82) is 0 Å². The summed E-state index contributed by atoms with van der Waals surface area (Å²) >= 11 is 9.42. The lowest BCUT2D eigenvalue weighted by Crippen LogP contribution is -2.26. The lowest BCUT2D eigenvalue weighted by Gasteiger charge is -2.11. The van der Waals surface area contributed by atoms with E-state index in [1.807, 2.05) is 13.1 Å². The van der Waals surface area contributed by atoms with Gasteiger partial charge < -0.3 is 0 Å². The number of benzene rings is 1. The molecule has 0 aliphatic carbocycles. The predicted molar refractivity (Wildman–Crippen MR) is 95.4 cm³/mol. The molecule has 1 aromatic heterocycles. The fourth-order valence-corrected chi connectivity index (χ4v) is 4.09. The Morgan fingerprint density at radius 2 is 1.96 bits per heavy atom. The number of nitrogens with one attached hydrogen (secondary N) is 1. The van der Waals surface area contributed by atoms with E-state index in [0.29, 0.717) is 30.1 Å². The van der Waals surface area contributed by atoms with E-state index in [4.69, 9.17) is 11.6 Å². The highest BCUT2D eigenvalue weighted by molar-refractivity contribution is 9.10. The van der Waals surface area contributed by atoms with Gasteiger partial charge in [-0.25, -0.2) is 13.1 Å². The fraction of sp³-hybridized carbons (Fsp3) is 0.400. The largest absolute Gasteiger partial charge is 0.271 e. The van der Waals surface area contributed by atoms with Gasteiger partial charge in [-0.1, -0.05) is 11.6 Å². The van der Waals surface area contributed by atoms with Crippen molar-refractivity contribution in [3.05, 3.63) is 44.6 Å². The molecule has 0 radical (unpaired) electrons. The first-order valence-electron chi connectivity index (χ1n) is 7.16. The molecule has 126 valence electrons. The van der Waals surface area contributed by atoms with Gasteiger partial charge in [-0.3, -0.25) is 4.68 Å². The summed E-state index contributed by atoms with van der Waals surface area (Å²) in [6.45, 7) is 6.44. The third-order valence-corrected chi connectivity index (χ3v) is 6.28. The van der Waals surface area contributed by atoms with Crippen molar-refractivity contribution in [1.82, 2.24) is 14.5 Å². The first-order chi connectivity index (χ1) is 10.7. The van der Waals surface area contributed by atoms with Crippen molar-refractivity contribution in [2.45, 2.75) is 38.6 Å². The highest BCUT2D eigenvalue weighted by Gasteiger charge is 2.17.